The van der Waals surface area contributed by atoms with Gasteiger partial charge in [0.25, 0.3) is 6.02 Å². The zero-order chi connectivity index (χ0) is 21.4. The Bertz CT molecular complexity index is 1270. The van der Waals surface area contributed by atoms with Crippen LogP contribution in [0.5, 0.6) is 11.5 Å². The molecule has 0 aliphatic carbocycles. The lowest BCUT2D eigenvalue weighted by Gasteiger charge is -2.29. The van der Waals surface area contributed by atoms with Crippen molar-refractivity contribution in [2.24, 2.45) is 5.73 Å². The van der Waals surface area contributed by atoms with Crippen molar-refractivity contribution in [2.75, 3.05) is 6.61 Å². The zero-order valence-corrected chi connectivity index (χ0v) is 16.8. The topological polar surface area (TPSA) is 107 Å². The summed E-state index contributed by atoms with van der Waals surface area (Å²) in [6.07, 6.45) is 3.57. The largest absolute Gasteiger partial charge is 0.465 e. The maximum absolute atomic E-state index is 7.53. The van der Waals surface area contributed by atoms with E-state index in [1.807, 2.05) is 61.7 Å². The standard InChI is InChI=1S/C24H20N4O3/c1-14-9-23(31-28-14)16-5-7-22-19(11-16)20(13-29-24(25)26)18-10-15(4-6-21(18)30-22)17-3-2-8-27-12-17/h2-12,20H,13H2,1H3,(H3,25,26). The van der Waals surface area contributed by atoms with Crippen LogP contribution in [0.4, 0.5) is 0 Å². The van der Waals surface area contributed by atoms with Crippen LogP contribution in [0, 0.1) is 12.3 Å². The summed E-state index contributed by atoms with van der Waals surface area (Å²) in [4.78, 5) is 4.22. The third-order valence-corrected chi connectivity index (χ3v) is 5.30. The van der Waals surface area contributed by atoms with Crippen molar-refractivity contribution in [3.8, 4) is 33.9 Å². The normalized spacial score (nSPS) is 14.3. The molecule has 4 aromatic rings. The quantitative estimate of drug-likeness (QED) is 0.366. The minimum Gasteiger partial charge on any atom is -0.465 e. The molecule has 5 rings (SSSR count). The van der Waals surface area contributed by atoms with E-state index in [-0.39, 0.29) is 18.5 Å². The van der Waals surface area contributed by atoms with E-state index >= 15 is 0 Å². The predicted octanol–water partition coefficient (Wildman–Crippen LogP) is 4.86. The molecule has 31 heavy (non-hydrogen) atoms. The smallest absolute Gasteiger partial charge is 0.279 e. The highest BCUT2D eigenvalue weighted by molar-refractivity contribution is 5.70. The lowest BCUT2D eigenvalue weighted by molar-refractivity contribution is 0.274. The summed E-state index contributed by atoms with van der Waals surface area (Å²) in [6, 6.07) is 17.4. The zero-order valence-electron chi connectivity index (χ0n) is 16.8. The van der Waals surface area contributed by atoms with E-state index in [4.69, 9.17) is 25.1 Å². The second-order valence-corrected chi connectivity index (χ2v) is 7.41. The molecule has 0 radical (unpaired) electrons. The van der Waals surface area contributed by atoms with Gasteiger partial charge in [-0.15, -0.1) is 0 Å². The number of nitrogens with zero attached hydrogens (tertiary/aromatic N) is 2. The van der Waals surface area contributed by atoms with E-state index in [1.165, 1.54) is 0 Å². The maximum atomic E-state index is 7.53. The molecular formula is C24H20N4O3. The molecule has 0 saturated carbocycles. The second kappa shape index (κ2) is 7.60. The van der Waals surface area contributed by atoms with Gasteiger partial charge in [-0.3, -0.25) is 10.4 Å². The van der Waals surface area contributed by atoms with E-state index in [9.17, 15) is 0 Å². The molecule has 1 aliphatic heterocycles. The van der Waals surface area contributed by atoms with Gasteiger partial charge in [0.2, 0.25) is 0 Å². The summed E-state index contributed by atoms with van der Waals surface area (Å²) in [5.41, 5.74) is 11.1. The first-order valence-electron chi connectivity index (χ1n) is 9.85. The van der Waals surface area contributed by atoms with Crippen LogP contribution >= 0.6 is 0 Å². The fourth-order valence-electron chi connectivity index (χ4n) is 3.83. The number of nitrogens with one attached hydrogen (secondary N) is 1. The second-order valence-electron chi connectivity index (χ2n) is 7.41. The number of ether oxygens (including phenoxy) is 2. The van der Waals surface area contributed by atoms with E-state index in [2.05, 4.69) is 16.2 Å². The van der Waals surface area contributed by atoms with Gasteiger partial charge < -0.3 is 19.7 Å². The van der Waals surface area contributed by atoms with Crippen LogP contribution in [0.1, 0.15) is 22.7 Å². The summed E-state index contributed by atoms with van der Waals surface area (Å²) in [5.74, 6) is 1.99. The van der Waals surface area contributed by atoms with Crippen LogP contribution in [0.2, 0.25) is 0 Å². The molecule has 2 aromatic heterocycles. The molecule has 7 heteroatoms. The Morgan fingerprint density at radius 3 is 2.42 bits per heavy atom. The fourth-order valence-corrected chi connectivity index (χ4v) is 3.83. The molecule has 0 amide bonds. The summed E-state index contributed by atoms with van der Waals surface area (Å²) in [7, 11) is 0. The fraction of sp³-hybridized carbons (Fsp3) is 0.125. The lowest BCUT2D eigenvalue weighted by Crippen LogP contribution is -2.21. The number of aromatic nitrogens is 2. The molecule has 0 spiro atoms. The highest BCUT2D eigenvalue weighted by Crippen LogP contribution is 2.46. The van der Waals surface area contributed by atoms with Gasteiger partial charge in [-0.25, -0.2) is 0 Å². The van der Waals surface area contributed by atoms with Gasteiger partial charge in [-0.1, -0.05) is 17.3 Å². The third-order valence-electron chi connectivity index (χ3n) is 5.30. The highest BCUT2D eigenvalue weighted by atomic mass is 16.5. The molecule has 3 N–H and O–H groups in total. The maximum Gasteiger partial charge on any atom is 0.279 e. The average Bonchev–Trinajstić information content (AvgIpc) is 3.23. The monoisotopic (exact) mass is 412 g/mol. The molecule has 0 bridgehead atoms. The van der Waals surface area contributed by atoms with Crippen LogP contribution in [-0.4, -0.2) is 22.8 Å². The molecular weight excluding hydrogens is 392 g/mol. The Morgan fingerprint density at radius 1 is 1.03 bits per heavy atom. The highest BCUT2D eigenvalue weighted by Gasteiger charge is 2.29. The van der Waals surface area contributed by atoms with Crippen molar-refractivity contribution in [1.29, 1.82) is 5.41 Å². The van der Waals surface area contributed by atoms with Gasteiger partial charge in [-0.05, 0) is 48.9 Å². The number of nitrogens with two attached hydrogens (primary N) is 1. The van der Waals surface area contributed by atoms with Gasteiger partial charge in [0.15, 0.2) is 5.76 Å². The van der Waals surface area contributed by atoms with E-state index in [0.29, 0.717) is 5.76 Å². The summed E-state index contributed by atoms with van der Waals surface area (Å²) < 4.78 is 17.1. The van der Waals surface area contributed by atoms with Crippen molar-refractivity contribution in [3.05, 3.63) is 83.8 Å². The Morgan fingerprint density at radius 2 is 1.77 bits per heavy atom. The van der Waals surface area contributed by atoms with Crippen LogP contribution in [0.15, 0.2) is 71.5 Å². The summed E-state index contributed by atoms with van der Waals surface area (Å²) >= 11 is 0. The van der Waals surface area contributed by atoms with Crippen LogP contribution in [0.25, 0.3) is 22.5 Å². The first-order valence-corrected chi connectivity index (χ1v) is 9.85. The van der Waals surface area contributed by atoms with Crippen molar-refractivity contribution in [1.82, 2.24) is 10.1 Å². The lowest BCUT2D eigenvalue weighted by atomic mass is 9.86. The number of aryl methyl sites for hydroxylation is 1. The van der Waals surface area contributed by atoms with Gasteiger partial charge in [0.1, 0.15) is 18.1 Å². The van der Waals surface area contributed by atoms with Gasteiger partial charge in [0.05, 0.1) is 11.6 Å². The average molecular weight is 412 g/mol. The molecule has 3 heterocycles. The Labute approximate surface area is 178 Å². The molecule has 1 unspecified atom stereocenters. The number of amidine groups is 1. The summed E-state index contributed by atoms with van der Waals surface area (Å²) in [5, 5.41) is 11.5. The van der Waals surface area contributed by atoms with Crippen LogP contribution < -0.4 is 10.5 Å². The molecule has 0 fully saturated rings. The molecule has 1 atom stereocenters. The van der Waals surface area contributed by atoms with Gasteiger partial charge in [-0.2, -0.15) is 0 Å². The number of hydrogen-bond donors (Lipinski definition) is 2. The molecule has 2 aromatic carbocycles. The Balaban J connectivity index is 1.61. The van der Waals surface area contributed by atoms with E-state index in [1.54, 1.807) is 6.20 Å². The van der Waals surface area contributed by atoms with Crippen molar-refractivity contribution in [3.63, 3.8) is 0 Å². The molecule has 1 aliphatic rings. The minimum atomic E-state index is -0.319. The van der Waals surface area contributed by atoms with Crippen molar-refractivity contribution < 1.29 is 14.0 Å². The van der Waals surface area contributed by atoms with E-state index < -0.39 is 0 Å². The van der Waals surface area contributed by atoms with Gasteiger partial charge in [0, 0.05) is 40.7 Å². The number of benzene rings is 2. The number of rotatable bonds is 4. The molecule has 7 nitrogen and oxygen atoms in total. The SMILES string of the molecule is Cc1cc(-c2ccc3c(c2)C(COC(=N)N)c2cc(-c4cccnc4)ccc2O3)on1. The first-order chi connectivity index (χ1) is 15.1. The Hall–Kier alpha value is -4.13. The molecule has 0 saturated heterocycles. The predicted molar refractivity (Wildman–Crippen MR) is 116 cm³/mol. The first kappa shape index (κ1) is 18.9. The number of pyridine rings is 1. The molecule has 154 valence electrons. The minimum absolute atomic E-state index is 0.178. The van der Waals surface area contributed by atoms with Crippen molar-refractivity contribution in [2.45, 2.75) is 12.8 Å². The summed E-state index contributed by atoms with van der Waals surface area (Å²) in [6.45, 7) is 2.10. The van der Waals surface area contributed by atoms with Crippen LogP contribution in [0.3, 0.4) is 0 Å². The third kappa shape index (κ3) is 3.61. The van der Waals surface area contributed by atoms with Crippen molar-refractivity contribution >= 4 is 6.02 Å². The van der Waals surface area contributed by atoms with E-state index in [0.717, 1.165) is 45.0 Å². The van der Waals surface area contributed by atoms with Gasteiger partial charge >= 0.3 is 0 Å². The number of hydrogen-bond acceptors (Lipinski definition) is 6. The van der Waals surface area contributed by atoms with Crippen LogP contribution in [-0.2, 0) is 4.74 Å². The number of fused-ring (bicyclic) bond motifs is 2. The Kier molecular flexibility index (Phi) is 4.63.